The summed E-state index contributed by atoms with van der Waals surface area (Å²) in [5.74, 6) is -0.260. The number of rotatable bonds is 3. The van der Waals surface area contributed by atoms with E-state index in [1.807, 2.05) is 18.4 Å². The molecule has 5 nitrogen and oxygen atoms in total. The first-order chi connectivity index (χ1) is 12.5. The average molecular weight is 428 g/mol. The van der Waals surface area contributed by atoms with Crippen molar-refractivity contribution in [2.24, 2.45) is 0 Å². The van der Waals surface area contributed by atoms with Gasteiger partial charge in [0.05, 0.1) is 25.9 Å². The summed E-state index contributed by atoms with van der Waals surface area (Å²) in [5, 5.41) is 14.0. The number of carbonyl (C=O) groups is 1. The van der Waals surface area contributed by atoms with Gasteiger partial charge in [-0.05, 0) is 55.4 Å². The zero-order valence-corrected chi connectivity index (χ0v) is 17.2. The minimum atomic E-state index is -0.491. The molecule has 26 heavy (non-hydrogen) atoms. The molecule has 138 valence electrons. The molecule has 0 saturated carbocycles. The van der Waals surface area contributed by atoms with Gasteiger partial charge in [0.25, 0.3) is 5.91 Å². The smallest absolute Gasteiger partial charge is 0.280 e. The second-order valence-corrected chi connectivity index (χ2v) is 8.65. The first kappa shape index (κ1) is 19.4. The summed E-state index contributed by atoms with van der Waals surface area (Å²) in [6.45, 7) is 0. The van der Waals surface area contributed by atoms with Gasteiger partial charge < -0.3 is 10.4 Å². The van der Waals surface area contributed by atoms with E-state index in [2.05, 4.69) is 16.2 Å². The summed E-state index contributed by atoms with van der Waals surface area (Å²) in [5.41, 5.74) is 7.84. The molecular formula is C17H18ClN3O2S3. The van der Waals surface area contributed by atoms with Gasteiger partial charge in [-0.15, -0.1) is 23.1 Å². The van der Waals surface area contributed by atoms with Crippen molar-refractivity contribution in [1.29, 1.82) is 0 Å². The molecule has 9 heteroatoms. The maximum Gasteiger partial charge on any atom is 0.280 e. The zero-order chi connectivity index (χ0) is 18.7. The van der Waals surface area contributed by atoms with E-state index in [-0.39, 0.29) is 11.0 Å². The van der Waals surface area contributed by atoms with E-state index in [0.29, 0.717) is 15.6 Å². The number of hydrogen-bond donors (Lipinski definition) is 4. The topological polar surface area (TPSA) is 73.4 Å². The third-order valence-corrected chi connectivity index (χ3v) is 6.97. The molecule has 1 aliphatic rings. The number of benzene rings is 1. The Labute approximate surface area is 170 Å². The Bertz CT molecular complexity index is 841. The number of thiophene rings is 1. The van der Waals surface area contributed by atoms with E-state index in [4.69, 9.17) is 23.8 Å². The Kier molecular flexibility index (Phi) is 6.42. The summed E-state index contributed by atoms with van der Waals surface area (Å²) in [6.07, 6.45) is 3.88. The van der Waals surface area contributed by atoms with E-state index in [9.17, 15) is 9.90 Å². The van der Waals surface area contributed by atoms with Crippen LogP contribution in [-0.2, 0) is 6.42 Å². The first-order valence-corrected chi connectivity index (χ1v) is 10.8. The van der Waals surface area contributed by atoms with Gasteiger partial charge in [0.15, 0.2) is 5.11 Å². The lowest BCUT2D eigenvalue weighted by atomic mass is 9.91. The number of halogens is 1. The lowest BCUT2D eigenvalue weighted by Crippen LogP contribution is -2.43. The summed E-state index contributed by atoms with van der Waals surface area (Å²) in [7, 11) is 0. The molecule has 0 saturated heterocycles. The second kappa shape index (κ2) is 8.58. The Morgan fingerprint density at radius 2 is 2.15 bits per heavy atom. The average Bonchev–Trinajstić information content (AvgIpc) is 3.02. The summed E-state index contributed by atoms with van der Waals surface area (Å²) >= 11 is 14.2. The summed E-state index contributed by atoms with van der Waals surface area (Å²) < 4.78 is 0.995. The number of hydrazine groups is 1. The van der Waals surface area contributed by atoms with Crippen LogP contribution >= 0.6 is 46.9 Å². The van der Waals surface area contributed by atoms with Crippen molar-refractivity contribution >= 4 is 63.6 Å². The molecule has 1 aromatic heterocycles. The number of thiocarbonyl (C=S) groups is 1. The van der Waals surface area contributed by atoms with Gasteiger partial charge in [0, 0.05) is 5.56 Å². The Morgan fingerprint density at radius 1 is 1.38 bits per heavy atom. The number of para-hydroxylation sites is 1. The number of amides is 1. The van der Waals surface area contributed by atoms with E-state index in [0.717, 1.165) is 34.6 Å². The quantitative estimate of drug-likeness (QED) is 0.335. The van der Waals surface area contributed by atoms with Crippen molar-refractivity contribution < 1.29 is 9.90 Å². The van der Waals surface area contributed by atoms with Crippen molar-refractivity contribution in [3.8, 4) is 0 Å². The Balaban J connectivity index is 1.67. The normalized spacial score (nSPS) is 15.9. The van der Waals surface area contributed by atoms with Crippen molar-refractivity contribution in [2.45, 2.75) is 29.6 Å². The zero-order valence-electron chi connectivity index (χ0n) is 14.0. The highest BCUT2D eigenvalue weighted by Gasteiger charge is 2.29. The van der Waals surface area contributed by atoms with E-state index < -0.39 is 6.10 Å². The van der Waals surface area contributed by atoms with Gasteiger partial charge in [-0.2, -0.15) is 0 Å². The first-order valence-electron chi connectivity index (χ1n) is 8.00. The van der Waals surface area contributed by atoms with Crippen LogP contribution < -0.4 is 16.2 Å². The van der Waals surface area contributed by atoms with Gasteiger partial charge in [-0.25, -0.2) is 0 Å². The predicted molar refractivity (Wildman–Crippen MR) is 112 cm³/mol. The highest BCUT2D eigenvalue weighted by Crippen LogP contribution is 2.43. The molecule has 0 aliphatic heterocycles. The molecule has 3 rings (SSSR count). The molecule has 1 atom stereocenters. The minimum absolute atomic E-state index is 0.238. The van der Waals surface area contributed by atoms with Crippen molar-refractivity contribution in [3.05, 3.63) is 45.3 Å². The molecule has 1 amide bonds. The number of fused-ring (bicyclic) bond motifs is 1. The predicted octanol–water partition coefficient (Wildman–Crippen LogP) is 4.12. The molecule has 0 unspecified atom stereocenters. The second-order valence-electron chi connectivity index (χ2n) is 5.74. The lowest BCUT2D eigenvalue weighted by molar-refractivity contribution is 0.0946. The molecule has 1 heterocycles. The number of nitrogens with one attached hydrogen (secondary N) is 3. The van der Waals surface area contributed by atoms with Gasteiger partial charge in [-0.3, -0.25) is 15.6 Å². The molecule has 0 bridgehead atoms. The van der Waals surface area contributed by atoms with E-state index >= 15 is 0 Å². The molecule has 0 fully saturated rings. The molecule has 1 aliphatic carbocycles. The molecular weight excluding hydrogens is 410 g/mol. The van der Waals surface area contributed by atoms with E-state index in [1.165, 1.54) is 11.3 Å². The van der Waals surface area contributed by atoms with Crippen molar-refractivity contribution in [3.63, 3.8) is 0 Å². The fourth-order valence-electron chi connectivity index (χ4n) is 2.88. The van der Waals surface area contributed by atoms with Crippen LogP contribution in [0.2, 0.25) is 5.02 Å². The molecule has 0 radical (unpaired) electrons. The number of hydrogen-bond acceptors (Lipinski definition) is 5. The van der Waals surface area contributed by atoms with Crippen LogP contribution in [-0.4, -0.2) is 22.4 Å². The van der Waals surface area contributed by atoms with Gasteiger partial charge in [0.1, 0.15) is 0 Å². The molecule has 4 N–H and O–H groups in total. The minimum Gasteiger partial charge on any atom is -0.388 e. The van der Waals surface area contributed by atoms with Crippen LogP contribution in [0.3, 0.4) is 0 Å². The van der Waals surface area contributed by atoms with Crippen LogP contribution in [0.1, 0.15) is 39.7 Å². The van der Waals surface area contributed by atoms with Crippen LogP contribution in [0.5, 0.6) is 0 Å². The number of thioether (sulfide) groups is 1. The molecule has 2 aromatic rings. The third kappa shape index (κ3) is 4.15. The fraction of sp³-hybridized carbons (Fsp3) is 0.294. The summed E-state index contributed by atoms with van der Waals surface area (Å²) in [4.78, 5) is 13.2. The monoisotopic (exact) mass is 427 g/mol. The molecule has 0 spiro atoms. The molecule has 1 aromatic carbocycles. The van der Waals surface area contributed by atoms with Crippen LogP contribution in [0.15, 0.2) is 28.5 Å². The van der Waals surface area contributed by atoms with E-state index in [1.54, 1.807) is 23.9 Å². The fourth-order valence-corrected chi connectivity index (χ4v) is 5.32. The maximum atomic E-state index is 12.6. The maximum absolute atomic E-state index is 12.6. The van der Waals surface area contributed by atoms with Crippen LogP contribution in [0.25, 0.3) is 0 Å². The third-order valence-electron chi connectivity index (χ3n) is 4.05. The van der Waals surface area contributed by atoms with Crippen LogP contribution in [0.4, 0.5) is 5.69 Å². The number of aliphatic hydroxyl groups excluding tert-OH is 1. The SMILES string of the molecule is CSc1sc(C(=O)NNC(=S)Nc2ccccc2Cl)c2c1[C@H](O)CCC2. The summed E-state index contributed by atoms with van der Waals surface area (Å²) in [6, 6.07) is 7.20. The van der Waals surface area contributed by atoms with Crippen LogP contribution in [0, 0.1) is 0 Å². The van der Waals surface area contributed by atoms with Crippen molar-refractivity contribution in [2.75, 3.05) is 11.6 Å². The Morgan fingerprint density at radius 3 is 2.88 bits per heavy atom. The Hall–Kier alpha value is -1.32. The van der Waals surface area contributed by atoms with Gasteiger partial charge in [0.2, 0.25) is 0 Å². The van der Waals surface area contributed by atoms with Gasteiger partial charge >= 0.3 is 0 Å². The van der Waals surface area contributed by atoms with Crippen molar-refractivity contribution in [1.82, 2.24) is 10.9 Å². The van der Waals surface area contributed by atoms with Gasteiger partial charge in [-0.1, -0.05) is 23.7 Å². The lowest BCUT2D eigenvalue weighted by Gasteiger charge is -2.19. The number of aliphatic hydroxyl groups is 1. The largest absolute Gasteiger partial charge is 0.388 e. The highest BCUT2D eigenvalue weighted by atomic mass is 35.5. The number of carbonyl (C=O) groups excluding carboxylic acids is 1. The number of anilines is 1. The standard InChI is InChI=1S/C17H18ClN3O2S3/c1-25-16-13-9(5-4-8-12(13)22)14(26-16)15(23)20-21-17(24)19-11-7-3-2-6-10(11)18/h2-3,6-7,12,22H,4-5,8H2,1H3,(H,20,23)(H2,19,21,24)/t12-/m1/s1. The highest BCUT2D eigenvalue weighted by molar-refractivity contribution is 8.00.